The molecule has 0 aliphatic carbocycles. The molecule has 3 rings (SSSR count). The lowest BCUT2D eigenvalue weighted by Crippen LogP contribution is -1.92. The van der Waals surface area contributed by atoms with Crippen LogP contribution in [0.1, 0.15) is 10.4 Å². The van der Waals surface area contributed by atoms with E-state index >= 15 is 0 Å². The molecule has 0 radical (unpaired) electrons. The van der Waals surface area contributed by atoms with E-state index in [1.54, 1.807) is 42.7 Å². The Morgan fingerprint density at radius 2 is 1.71 bits per heavy atom. The molecule has 0 amide bonds. The van der Waals surface area contributed by atoms with Crippen LogP contribution in [0.15, 0.2) is 54.9 Å². The van der Waals surface area contributed by atoms with E-state index in [2.05, 4.69) is 9.97 Å². The molecule has 0 saturated carbocycles. The van der Waals surface area contributed by atoms with Gasteiger partial charge in [-0.25, -0.2) is 9.97 Å². The van der Waals surface area contributed by atoms with Crippen LogP contribution in [0.4, 0.5) is 0 Å². The van der Waals surface area contributed by atoms with E-state index in [0.29, 0.717) is 28.1 Å². The van der Waals surface area contributed by atoms with Crippen molar-refractivity contribution < 1.29 is 14.3 Å². The van der Waals surface area contributed by atoms with Crippen molar-refractivity contribution in [1.82, 2.24) is 9.97 Å². The lowest BCUT2D eigenvalue weighted by Gasteiger charge is -2.09. The van der Waals surface area contributed by atoms with Gasteiger partial charge in [0.05, 0.1) is 12.7 Å². The quantitative estimate of drug-likeness (QED) is 0.644. The Hall–Kier alpha value is -2.92. The molecule has 0 fully saturated rings. The summed E-state index contributed by atoms with van der Waals surface area (Å²) in [4.78, 5) is 19.2. The Labute approximate surface area is 143 Å². The summed E-state index contributed by atoms with van der Waals surface area (Å²) in [7, 11) is 1.52. The van der Waals surface area contributed by atoms with Crippen molar-refractivity contribution in [2.45, 2.75) is 0 Å². The Balaban J connectivity index is 1.82. The summed E-state index contributed by atoms with van der Waals surface area (Å²) >= 11 is 5.95. The Kier molecular flexibility index (Phi) is 4.72. The van der Waals surface area contributed by atoms with E-state index in [4.69, 9.17) is 21.1 Å². The first-order valence-electron chi connectivity index (χ1n) is 7.08. The first-order chi connectivity index (χ1) is 11.7. The third-order valence-electron chi connectivity index (χ3n) is 3.33. The number of aromatic nitrogens is 2. The van der Waals surface area contributed by atoms with Crippen molar-refractivity contribution in [3.05, 3.63) is 65.4 Å². The van der Waals surface area contributed by atoms with Gasteiger partial charge >= 0.3 is 6.01 Å². The largest absolute Gasteiger partial charge is 0.467 e. The molecule has 1 aromatic heterocycles. The van der Waals surface area contributed by atoms with Gasteiger partial charge in [-0.15, -0.1) is 0 Å². The summed E-state index contributed by atoms with van der Waals surface area (Å²) in [6, 6.07) is 12.6. The lowest BCUT2D eigenvalue weighted by atomic mass is 10.1. The molecule has 24 heavy (non-hydrogen) atoms. The first-order valence-corrected chi connectivity index (χ1v) is 7.46. The molecule has 3 aromatic rings. The number of aldehydes is 1. The van der Waals surface area contributed by atoms with Crippen LogP contribution in [0.25, 0.3) is 11.1 Å². The highest BCUT2D eigenvalue weighted by atomic mass is 35.5. The monoisotopic (exact) mass is 340 g/mol. The first kappa shape index (κ1) is 16.0. The van der Waals surface area contributed by atoms with Crippen LogP contribution in [-0.4, -0.2) is 23.4 Å². The zero-order valence-electron chi connectivity index (χ0n) is 12.8. The predicted octanol–water partition coefficient (Wildman–Crippen LogP) is 4.41. The molecule has 120 valence electrons. The summed E-state index contributed by atoms with van der Waals surface area (Å²) in [5.74, 6) is 1.01. The van der Waals surface area contributed by atoms with Crippen molar-refractivity contribution in [3.8, 4) is 28.6 Å². The minimum absolute atomic E-state index is 0.320. The second kappa shape index (κ2) is 7.10. The number of hydrogen-bond acceptors (Lipinski definition) is 5. The van der Waals surface area contributed by atoms with Gasteiger partial charge in [0.1, 0.15) is 11.5 Å². The molecule has 0 bridgehead atoms. The van der Waals surface area contributed by atoms with Crippen molar-refractivity contribution in [3.63, 3.8) is 0 Å². The van der Waals surface area contributed by atoms with E-state index < -0.39 is 0 Å². The zero-order valence-corrected chi connectivity index (χ0v) is 13.5. The molecule has 0 unspecified atom stereocenters. The van der Waals surface area contributed by atoms with Crippen molar-refractivity contribution >= 4 is 17.9 Å². The number of hydrogen-bond donors (Lipinski definition) is 0. The van der Waals surface area contributed by atoms with Crippen molar-refractivity contribution in [2.75, 3.05) is 7.11 Å². The molecule has 5 nitrogen and oxygen atoms in total. The van der Waals surface area contributed by atoms with Crippen LogP contribution in [0.2, 0.25) is 5.02 Å². The maximum absolute atomic E-state index is 11.1. The Bertz CT molecular complexity index is 849. The fraction of sp³-hybridized carbons (Fsp3) is 0.0556. The Morgan fingerprint density at radius 1 is 1.00 bits per heavy atom. The van der Waals surface area contributed by atoms with Crippen LogP contribution in [-0.2, 0) is 0 Å². The molecule has 0 spiro atoms. The van der Waals surface area contributed by atoms with Crippen molar-refractivity contribution in [2.24, 2.45) is 0 Å². The highest BCUT2D eigenvalue weighted by Crippen LogP contribution is 2.29. The number of methoxy groups -OCH3 is 1. The maximum atomic E-state index is 11.1. The maximum Gasteiger partial charge on any atom is 0.316 e. The number of benzene rings is 2. The summed E-state index contributed by atoms with van der Waals surface area (Å²) in [5, 5.41) is 0.502. The number of ether oxygens (including phenoxy) is 2. The molecule has 0 saturated heterocycles. The van der Waals surface area contributed by atoms with Crippen LogP contribution < -0.4 is 9.47 Å². The molecule has 2 aromatic carbocycles. The van der Waals surface area contributed by atoms with E-state index in [9.17, 15) is 4.79 Å². The lowest BCUT2D eigenvalue weighted by molar-refractivity contribution is 0.112. The van der Waals surface area contributed by atoms with Gasteiger partial charge in [0.2, 0.25) is 0 Å². The summed E-state index contributed by atoms with van der Waals surface area (Å²) in [5.41, 5.74) is 2.23. The summed E-state index contributed by atoms with van der Waals surface area (Å²) < 4.78 is 10.7. The van der Waals surface area contributed by atoms with Gasteiger partial charge in [-0.05, 0) is 29.8 Å². The molecule has 6 heteroatoms. The second-order valence-electron chi connectivity index (χ2n) is 4.88. The summed E-state index contributed by atoms with van der Waals surface area (Å²) in [6.45, 7) is 0. The predicted molar refractivity (Wildman–Crippen MR) is 90.9 cm³/mol. The van der Waals surface area contributed by atoms with E-state index in [0.717, 1.165) is 17.4 Å². The third kappa shape index (κ3) is 3.52. The highest BCUT2D eigenvalue weighted by Gasteiger charge is 2.06. The van der Waals surface area contributed by atoms with E-state index in [1.165, 1.54) is 7.11 Å². The highest BCUT2D eigenvalue weighted by molar-refractivity contribution is 6.30. The van der Waals surface area contributed by atoms with E-state index in [1.807, 2.05) is 12.1 Å². The molecule has 1 heterocycles. The van der Waals surface area contributed by atoms with Gasteiger partial charge in [0.25, 0.3) is 0 Å². The SMILES string of the molecule is COc1ncc(-c2ccc(Oc3cc(Cl)ccc3C=O)cc2)cn1. The van der Waals surface area contributed by atoms with E-state index in [-0.39, 0.29) is 0 Å². The molecular formula is C18H13ClN2O3. The van der Waals surface area contributed by atoms with Crippen molar-refractivity contribution in [1.29, 1.82) is 0 Å². The fourth-order valence-corrected chi connectivity index (χ4v) is 2.27. The average Bonchev–Trinajstić information content (AvgIpc) is 2.63. The summed E-state index contributed by atoms with van der Waals surface area (Å²) in [6.07, 6.45) is 4.10. The topological polar surface area (TPSA) is 61.3 Å². The molecule has 0 N–H and O–H groups in total. The van der Waals surface area contributed by atoms with Gasteiger partial charge in [0, 0.05) is 29.0 Å². The number of rotatable bonds is 5. The molecular weight excluding hydrogens is 328 g/mol. The standard InChI is InChI=1S/C18H13ClN2O3/c1-23-18-20-9-14(10-21-18)12-3-6-16(7-4-12)24-17-8-15(19)5-2-13(17)11-22/h2-11H,1H3. The van der Waals surface area contributed by atoms with Gasteiger partial charge in [0.15, 0.2) is 6.29 Å². The number of carbonyl (C=O) groups is 1. The number of nitrogens with zero attached hydrogens (tertiary/aromatic N) is 2. The fourth-order valence-electron chi connectivity index (χ4n) is 2.11. The smallest absolute Gasteiger partial charge is 0.316 e. The van der Waals surface area contributed by atoms with Gasteiger partial charge in [-0.3, -0.25) is 4.79 Å². The van der Waals surface area contributed by atoms with Gasteiger partial charge in [-0.2, -0.15) is 0 Å². The van der Waals surface area contributed by atoms with Gasteiger partial charge in [-0.1, -0.05) is 23.7 Å². The minimum Gasteiger partial charge on any atom is -0.467 e. The Morgan fingerprint density at radius 3 is 2.33 bits per heavy atom. The van der Waals surface area contributed by atoms with Crippen LogP contribution in [0, 0.1) is 0 Å². The third-order valence-corrected chi connectivity index (χ3v) is 3.56. The van der Waals surface area contributed by atoms with Crippen LogP contribution in [0.5, 0.6) is 17.5 Å². The van der Waals surface area contributed by atoms with Crippen LogP contribution in [0.3, 0.4) is 0 Å². The average molecular weight is 341 g/mol. The zero-order chi connectivity index (χ0) is 16.9. The van der Waals surface area contributed by atoms with Gasteiger partial charge < -0.3 is 9.47 Å². The molecule has 0 atom stereocenters. The molecule has 0 aliphatic heterocycles. The molecule has 0 aliphatic rings. The minimum atomic E-state index is 0.320. The second-order valence-corrected chi connectivity index (χ2v) is 5.32. The van der Waals surface area contributed by atoms with Crippen LogP contribution >= 0.6 is 11.6 Å². The number of halogens is 1. The normalized spacial score (nSPS) is 10.2. The number of carbonyl (C=O) groups excluding carboxylic acids is 1.